The van der Waals surface area contributed by atoms with Crippen LogP contribution in [0.15, 0.2) is 42.7 Å². The molecule has 0 radical (unpaired) electrons. The van der Waals surface area contributed by atoms with E-state index >= 15 is 0 Å². The van der Waals surface area contributed by atoms with Crippen LogP contribution in [0.1, 0.15) is 36.9 Å². The Labute approximate surface area is 148 Å². The average molecular weight is 342 g/mol. The van der Waals surface area contributed by atoms with E-state index in [-0.39, 0.29) is 11.9 Å². The number of carbonyl (C=O) groups is 1. The van der Waals surface area contributed by atoms with Gasteiger partial charge >= 0.3 is 0 Å². The highest BCUT2D eigenvalue weighted by atomic mass is 16.5. The lowest BCUT2D eigenvalue weighted by molar-refractivity contribution is -0.149. The second-order valence-electron chi connectivity index (χ2n) is 6.85. The van der Waals surface area contributed by atoms with E-state index in [9.17, 15) is 4.79 Å². The Balaban J connectivity index is 1.58. The van der Waals surface area contributed by atoms with Crippen molar-refractivity contribution < 1.29 is 9.53 Å². The van der Waals surface area contributed by atoms with Gasteiger partial charge in [0.15, 0.2) is 0 Å². The number of amides is 1. The number of hydrogen-bond donors (Lipinski definition) is 1. The number of nitrogens with two attached hydrogens (primary N) is 1. The van der Waals surface area contributed by atoms with Crippen LogP contribution in [0, 0.1) is 0 Å². The molecular weight excluding hydrogens is 316 g/mol. The monoisotopic (exact) mass is 342 g/mol. The maximum Gasteiger partial charge on any atom is 0.222 e. The fourth-order valence-electron chi connectivity index (χ4n) is 3.26. The van der Waals surface area contributed by atoms with Crippen LogP contribution in [0.5, 0.6) is 0 Å². The first-order valence-corrected chi connectivity index (χ1v) is 8.69. The SMILES string of the molecule is Cn1cc([C@@]2(C)CN(C(=O)CC[C@@H](N)c3ccccc3)CCO2)cn1. The van der Waals surface area contributed by atoms with Crippen molar-refractivity contribution in [2.45, 2.75) is 31.4 Å². The fourth-order valence-corrected chi connectivity index (χ4v) is 3.26. The minimum Gasteiger partial charge on any atom is -0.367 e. The van der Waals surface area contributed by atoms with E-state index in [1.807, 2.05) is 55.4 Å². The van der Waals surface area contributed by atoms with Gasteiger partial charge in [0.25, 0.3) is 0 Å². The molecule has 6 nitrogen and oxygen atoms in total. The highest BCUT2D eigenvalue weighted by Crippen LogP contribution is 2.29. The summed E-state index contributed by atoms with van der Waals surface area (Å²) in [5.41, 5.74) is 7.76. The number of aryl methyl sites for hydroxylation is 1. The van der Waals surface area contributed by atoms with Gasteiger partial charge in [-0.25, -0.2) is 0 Å². The number of aromatic nitrogens is 2. The van der Waals surface area contributed by atoms with Gasteiger partial charge in [0.05, 0.1) is 19.3 Å². The van der Waals surface area contributed by atoms with E-state index in [1.54, 1.807) is 10.9 Å². The Morgan fingerprint density at radius 3 is 2.84 bits per heavy atom. The van der Waals surface area contributed by atoms with E-state index in [1.165, 1.54) is 0 Å². The highest BCUT2D eigenvalue weighted by Gasteiger charge is 2.36. The van der Waals surface area contributed by atoms with Crippen molar-refractivity contribution in [3.05, 3.63) is 53.9 Å². The molecule has 3 rings (SSSR count). The minimum absolute atomic E-state index is 0.115. The number of morpholine rings is 1. The molecule has 0 bridgehead atoms. The molecule has 1 fully saturated rings. The molecule has 2 heterocycles. The molecule has 2 N–H and O–H groups in total. The smallest absolute Gasteiger partial charge is 0.222 e. The van der Waals surface area contributed by atoms with Crippen molar-refractivity contribution in [2.24, 2.45) is 12.8 Å². The first-order valence-electron chi connectivity index (χ1n) is 8.69. The van der Waals surface area contributed by atoms with Crippen LogP contribution in [-0.4, -0.2) is 40.3 Å². The zero-order valence-corrected chi connectivity index (χ0v) is 14.9. The van der Waals surface area contributed by atoms with Crippen LogP contribution in [0.2, 0.25) is 0 Å². The van der Waals surface area contributed by atoms with Crippen molar-refractivity contribution in [2.75, 3.05) is 19.7 Å². The van der Waals surface area contributed by atoms with Crippen LogP contribution in [-0.2, 0) is 22.2 Å². The van der Waals surface area contributed by atoms with Crippen molar-refractivity contribution in [3.8, 4) is 0 Å². The molecule has 1 amide bonds. The summed E-state index contributed by atoms with van der Waals surface area (Å²) in [6, 6.07) is 9.80. The van der Waals surface area contributed by atoms with Gasteiger partial charge < -0.3 is 15.4 Å². The number of benzene rings is 1. The Hall–Kier alpha value is -2.18. The van der Waals surface area contributed by atoms with Gasteiger partial charge in [-0.1, -0.05) is 30.3 Å². The third-order valence-electron chi connectivity index (χ3n) is 4.84. The first kappa shape index (κ1) is 17.6. The predicted molar refractivity (Wildman–Crippen MR) is 95.7 cm³/mol. The van der Waals surface area contributed by atoms with Gasteiger partial charge in [0, 0.05) is 37.8 Å². The van der Waals surface area contributed by atoms with Gasteiger partial charge in [-0.15, -0.1) is 0 Å². The minimum atomic E-state index is -0.510. The van der Waals surface area contributed by atoms with Gasteiger partial charge in [-0.05, 0) is 18.9 Å². The number of nitrogens with zero attached hydrogens (tertiary/aromatic N) is 3. The Morgan fingerprint density at radius 2 is 2.16 bits per heavy atom. The lowest BCUT2D eigenvalue weighted by Gasteiger charge is -2.40. The van der Waals surface area contributed by atoms with E-state index in [0.717, 1.165) is 11.1 Å². The van der Waals surface area contributed by atoms with Crippen LogP contribution in [0.3, 0.4) is 0 Å². The molecule has 134 valence electrons. The molecule has 1 aliphatic heterocycles. The van der Waals surface area contributed by atoms with E-state index in [4.69, 9.17) is 10.5 Å². The van der Waals surface area contributed by atoms with Crippen LogP contribution in [0.25, 0.3) is 0 Å². The molecule has 2 aromatic rings. The van der Waals surface area contributed by atoms with E-state index < -0.39 is 5.60 Å². The number of ether oxygens (including phenoxy) is 1. The fraction of sp³-hybridized carbons (Fsp3) is 0.474. The van der Waals surface area contributed by atoms with Gasteiger partial charge in [0.1, 0.15) is 5.60 Å². The Kier molecular flexibility index (Phi) is 5.20. The van der Waals surface area contributed by atoms with Gasteiger partial charge in [0.2, 0.25) is 5.91 Å². The molecule has 25 heavy (non-hydrogen) atoms. The largest absolute Gasteiger partial charge is 0.367 e. The summed E-state index contributed by atoms with van der Waals surface area (Å²) in [5, 5.41) is 4.22. The molecule has 2 atom stereocenters. The lowest BCUT2D eigenvalue weighted by atomic mass is 9.96. The Morgan fingerprint density at radius 1 is 1.40 bits per heavy atom. The number of carbonyl (C=O) groups excluding carboxylic acids is 1. The molecule has 1 aromatic heterocycles. The summed E-state index contributed by atoms with van der Waals surface area (Å²) < 4.78 is 7.72. The van der Waals surface area contributed by atoms with Crippen LogP contribution in [0.4, 0.5) is 0 Å². The molecule has 1 saturated heterocycles. The van der Waals surface area contributed by atoms with Crippen LogP contribution < -0.4 is 5.73 Å². The second-order valence-corrected chi connectivity index (χ2v) is 6.85. The molecule has 0 saturated carbocycles. The highest BCUT2D eigenvalue weighted by molar-refractivity contribution is 5.76. The summed E-state index contributed by atoms with van der Waals surface area (Å²) in [6.07, 6.45) is 4.83. The number of rotatable bonds is 5. The zero-order valence-electron chi connectivity index (χ0n) is 14.9. The van der Waals surface area contributed by atoms with Gasteiger partial charge in [-0.3, -0.25) is 9.48 Å². The summed E-state index contributed by atoms with van der Waals surface area (Å²) in [6.45, 7) is 3.70. The molecule has 1 aromatic carbocycles. The predicted octanol–water partition coefficient (Wildman–Crippen LogP) is 1.97. The van der Waals surface area contributed by atoms with Crippen molar-refractivity contribution >= 4 is 5.91 Å². The van der Waals surface area contributed by atoms with E-state index in [0.29, 0.717) is 32.5 Å². The molecule has 0 unspecified atom stereocenters. The summed E-state index contributed by atoms with van der Waals surface area (Å²) in [5.74, 6) is 0.129. The topological polar surface area (TPSA) is 73.4 Å². The number of hydrogen-bond acceptors (Lipinski definition) is 4. The second kappa shape index (κ2) is 7.37. The average Bonchev–Trinajstić information content (AvgIpc) is 3.07. The van der Waals surface area contributed by atoms with Gasteiger partial charge in [-0.2, -0.15) is 5.10 Å². The Bertz CT molecular complexity index is 715. The normalized spacial score (nSPS) is 22.0. The maximum absolute atomic E-state index is 12.7. The third-order valence-corrected chi connectivity index (χ3v) is 4.84. The molecular formula is C19H26N4O2. The van der Waals surface area contributed by atoms with Crippen molar-refractivity contribution in [3.63, 3.8) is 0 Å². The molecule has 6 heteroatoms. The molecule has 0 aliphatic carbocycles. The summed E-state index contributed by atoms with van der Waals surface area (Å²) >= 11 is 0. The maximum atomic E-state index is 12.7. The zero-order chi connectivity index (χ0) is 17.9. The summed E-state index contributed by atoms with van der Waals surface area (Å²) in [7, 11) is 1.88. The van der Waals surface area contributed by atoms with Crippen molar-refractivity contribution in [1.29, 1.82) is 0 Å². The van der Waals surface area contributed by atoms with Crippen LogP contribution >= 0.6 is 0 Å². The summed E-state index contributed by atoms with van der Waals surface area (Å²) in [4.78, 5) is 14.5. The van der Waals surface area contributed by atoms with Crippen molar-refractivity contribution in [1.82, 2.24) is 14.7 Å². The quantitative estimate of drug-likeness (QED) is 0.902. The third kappa shape index (κ3) is 4.08. The first-order chi connectivity index (χ1) is 12.0. The lowest BCUT2D eigenvalue weighted by Crippen LogP contribution is -2.50. The molecule has 1 aliphatic rings. The standard InChI is InChI=1S/C19H26N4O2/c1-19(16-12-21-22(2)13-16)14-23(10-11-25-19)18(24)9-8-17(20)15-6-4-3-5-7-15/h3-7,12-13,17H,8-11,14,20H2,1-2H3/t17-,19-/m1/s1. The van der Waals surface area contributed by atoms with E-state index in [2.05, 4.69) is 5.10 Å². The molecule has 0 spiro atoms.